The fourth-order valence-electron chi connectivity index (χ4n) is 14.0. The van der Waals surface area contributed by atoms with E-state index in [1.807, 2.05) is 30.3 Å². The lowest BCUT2D eigenvalue weighted by molar-refractivity contribution is -0.149. The molecule has 2 aromatic rings. The smallest absolute Gasteiger partial charge is 0.248 e. The number of carbonyl (C=O) groups is 17. The summed E-state index contributed by atoms with van der Waals surface area (Å²) < 4.78 is 0. The van der Waals surface area contributed by atoms with Gasteiger partial charge < -0.3 is 105 Å². The molecule has 5 rings (SSSR count). The first-order chi connectivity index (χ1) is 55.4. The number of aliphatic hydroxyl groups is 3. The molecule has 120 heavy (non-hydrogen) atoms. The Morgan fingerprint density at radius 2 is 0.867 bits per heavy atom. The molecule has 0 radical (unpaired) electrons. The van der Waals surface area contributed by atoms with E-state index >= 15 is 0 Å². The molecule has 3 aliphatic rings. The molecule has 0 unspecified atom stereocenters. The van der Waals surface area contributed by atoms with Crippen LogP contribution in [0.25, 0.3) is 0 Å². The van der Waals surface area contributed by atoms with Crippen molar-refractivity contribution >= 4 is 100 Å². The van der Waals surface area contributed by atoms with Crippen molar-refractivity contribution in [2.45, 2.75) is 314 Å². The second-order valence-corrected chi connectivity index (χ2v) is 35.7. The molecule has 0 bridgehead atoms. The third kappa shape index (κ3) is 26.9. The summed E-state index contributed by atoms with van der Waals surface area (Å²) in [6, 6.07) is 8.18. The van der Waals surface area contributed by atoms with E-state index < -0.39 is 225 Å². The van der Waals surface area contributed by atoms with Crippen LogP contribution in [0.4, 0.5) is 0 Å². The number of carbonyl (C=O) groups excluding carboxylic acids is 17. The summed E-state index contributed by atoms with van der Waals surface area (Å²) in [6.07, 6.45) is -3.18. The highest BCUT2D eigenvalue weighted by molar-refractivity contribution is 6.04. The van der Waals surface area contributed by atoms with Gasteiger partial charge in [0.15, 0.2) is 0 Å². The number of hydrogen-bond donors (Lipinski definition) is 17. The highest BCUT2D eigenvalue weighted by atomic mass is 16.3. The highest BCUT2D eigenvalue weighted by Gasteiger charge is 2.52. The number of nitrogens with zero attached hydrogens (tertiary/aromatic N) is 3. The molecule has 37 nitrogen and oxygen atoms in total. The lowest BCUT2D eigenvalue weighted by Gasteiger charge is -2.38. The van der Waals surface area contributed by atoms with Crippen LogP contribution in [0.15, 0.2) is 60.7 Å². The van der Waals surface area contributed by atoms with E-state index in [1.54, 1.807) is 58.0 Å². The minimum absolute atomic E-state index is 0.00363. The van der Waals surface area contributed by atoms with Crippen LogP contribution in [0, 0.1) is 5.92 Å². The van der Waals surface area contributed by atoms with Gasteiger partial charge >= 0.3 is 0 Å². The number of primary amides is 1. The number of hydrogen-bond acceptors (Lipinski definition) is 20. The molecule has 3 aliphatic heterocycles. The Labute approximate surface area is 701 Å². The maximum Gasteiger partial charge on any atom is 0.248 e. The summed E-state index contributed by atoms with van der Waals surface area (Å²) in [4.78, 5) is 241. The SMILES string of the molecule is CC[C@@](C)(NC(=O)[C@@H](CC(C)C)NC(=O)[C@@H](C)NC(=O)C(C)(C)NC(=O)C(C)(C)NC(=O)C(C)(C)NC(=O)C(C)(C)NC(=O)[C@@H](Cc1ccccc1)NC(C)=O)C(=O)NC(C)(C)C(=O)N1C[C@H](O)C[C@@H]1C(=O)N[C@H](CCC(N)=O)C(=O)N[C@](C)(CC)C(=O)N1C[C@H](O)C[C@@H]1C(=O)NC(C)(C)C(=O)N1CCC[C@@H]1C(=O)N[C@@H](CO)Cc1ccccc1. The third-order valence-electron chi connectivity index (χ3n) is 21.9. The monoisotopic (exact) mass is 1680 g/mol. The standard InChI is InChI=1S/C83H129N17O20/c1-21-82(19,92-64(109)55(38-46(3)4)89-61(106)47(5)85-68(113)76(7,8)94-70(115)78(11,12)96-71(116)79(13,14)95-69(114)77(9,10)90-63(108)56(86-48(6)102)40-50-32-27-24-28-33-50)72(117)97-81(17,18)74(119)99-43-52(103)41-58(99)66(111)88-54(35-36-60(84)105)62(107)93-83(20,22-2)75(120)100-44-53(104)42-59(100)67(112)91-80(15,16)73(118)98-37-29-34-57(98)65(110)87-51(45-101)39-49-30-25-23-26-31-49/h23-28,30-33,46-47,51-59,101,103-104H,21-22,29,34-45H2,1-20H3,(H2,84,105)(H,85,113)(H,86,102)(H,87,110)(H,88,111)(H,89,106)(H,90,108)(H,91,112)(H,92,109)(H,93,107)(H,94,115)(H,95,114)(H,96,116)(H,97,117)/t47-,51-,52-,53-,54-,55-,56-,57-,58-,59-,82-,83-/m1/s1. The molecule has 0 saturated carbocycles. The van der Waals surface area contributed by atoms with Crippen LogP contribution in [0.1, 0.15) is 207 Å². The molecule has 0 spiro atoms. The molecule has 37 heteroatoms. The zero-order valence-corrected chi connectivity index (χ0v) is 72.9. The molecular formula is C83H129N17O20. The number of likely N-dealkylation sites (tertiary alicyclic amines) is 3. The summed E-state index contributed by atoms with van der Waals surface area (Å²) in [7, 11) is 0. The first kappa shape index (κ1) is 99.9. The fourth-order valence-corrected chi connectivity index (χ4v) is 14.0. The van der Waals surface area contributed by atoms with E-state index in [-0.39, 0.29) is 64.1 Å². The minimum atomic E-state index is -1.92. The maximum atomic E-state index is 14.8. The van der Waals surface area contributed by atoms with Crippen LogP contribution in [0.5, 0.6) is 0 Å². The summed E-state index contributed by atoms with van der Waals surface area (Å²) in [5, 5.41) is 66.5. The van der Waals surface area contributed by atoms with Gasteiger partial charge in [0.25, 0.3) is 0 Å². The van der Waals surface area contributed by atoms with Crippen LogP contribution in [-0.4, -0.2) is 262 Å². The predicted molar refractivity (Wildman–Crippen MR) is 440 cm³/mol. The Morgan fingerprint density at radius 3 is 1.35 bits per heavy atom. The molecule has 0 aromatic heterocycles. The van der Waals surface area contributed by atoms with Gasteiger partial charge in [-0.15, -0.1) is 0 Å². The quantitative estimate of drug-likeness (QED) is 0.0346. The molecular weight excluding hydrogens is 1560 g/mol. The van der Waals surface area contributed by atoms with E-state index in [1.165, 1.54) is 116 Å². The maximum absolute atomic E-state index is 14.8. The zero-order valence-electron chi connectivity index (χ0n) is 72.9. The molecule has 666 valence electrons. The third-order valence-corrected chi connectivity index (χ3v) is 21.9. The van der Waals surface area contributed by atoms with Crippen molar-refractivity contribution in [2.75, 3.05) is 26.2 Å². The van der Waals surface area contributed by atoms with Crippen molar-refractivity contribution < 1.29 is 96.8 Å². The lowest BCUT2D eigenvalue weighted by atomic mass is 9.93. The molecule has 3 fully saturated rings. The average Bonchev–Trinajstić information content (AvgIpc) is 1.66. The zero-order chi connectivity index (χ0) is 90.9. The van der Waals surface area contributed by atoms with Gasteiger partial charge in [0, 0.05) is 52.2 Å². The van der Waals surface area contributed by atoms with E-state index in [9.17, 15) is 96.8 Å². The van der Waals surface area contributed by atoms with Crippen LogP contribution in [0.3, 0.4) is 0 Å². The Kier molecular flexibility index (Phi) is 34.2. The Bertz CT molecular complexity index is 4120. The lowest BCUT2D eigenvalue weighted by Crippen LogP contribution is -2.68. The first-order valence-electron chi connectivity index (χ1n) is 40.7. The van der Waals surface area contributed by atoms with Gasteiger partial charge in [-0.2, -0.15) is 0 Å². The van der Waals surface area contributed by atoms with Crippen molar-refractivity contribution in [3.8, 4) is 0 Å². The Hall–Kier alpha value is -10.7. The highest BCUT2D eigenvalue weighted by Crippen LogP contribution is 2.29. The van der Waals surface area contributed by atoms with Crippen LogP contribution < -0.4 is 74.9 Å². The number of nitrogens with one attached hydrogen (secondary N) is 13. The van der Waals surface area contributed by atoms with E-state index in [2.05, 4.69) is 69.1 Å². The number of amides is 17. The second-order valence-electron chi connectivity index (χ2n) is 35.7. The summed E-state index contributed by atoms with van der Waals surface area (Å²) >= 11 is 0. The van der Waals surface area contributed by atoms with E-state index in [0.29, 0.717) is 19.3 Å². The molecule has 0 aliphatic carbocycles. The van der Waals surface area contributed by atoms with Gasteiger partial charge in [0.1, 0.15) is 86.6 Å². The molecule has 18 N–H and O–H groups in total. The van der Waals surface area contributed by atoms with Gasteiger partial charge in [-0.3, -0.25) is 81.5 Å². The van der Waals surface area contributed by atoms with Crippen molar-refractivity contribution in [3.63, 3.8) is 0 Å². The van der Waals surface area contributed by atoms with Crippen molar-refractivity contribution in [3.05, 3.63) is 71.8 Å². The summed E-state index contributed by atoms with van der Waals surface area (Å²) in [5.74, 6) is -14.0. The number of nitrogens with two attached hydrogens (primary N) is 1. The van der Waals surface area contributed by atoms with Crippen molar-refractivity contribution in [1.29, 1.82) is 0 Å². The van der Waals surface area contributed by atoms with E-state index in [4.69, 9.17) is 5.73 Å². The van der Waals surface area contributed by atoms with Gasteiger partial charge in [0.2, 0.25) is 100 Å². The molecule has 3 saturated heterocycles. The topological polar surface area (TPSA) is 543 Å². The van der Waals surface area contributed by atoms with Crippen LogP contribution in [-0.2, 0) is 94.3 Å². The van der Waals surface area contributed by atoms with Gasteiger partial charge in [-0.05, 0) is 166 Å². The van der Waals surface area contributed by atoms with Gasteiger partial charge in [0.05, 0.1) is 24.9 Å². The molecule has 2 aromatic carbocycles. The summed E-state index contributed by atoms with van der Waals surface area (Å²) in [6.45, 7) is 27.2. The van der Waals surface area contributed by atoms with Crippen LogP contribution >= 0.6 is 0 Å². The number of β-amino-alcohol motifs (C(OH)–C–C–N with tert-alkyl or cyclic N) is 2. The number of aliphatic hydroxyl groups excluding tert-OH is 3. The Morgan fingerprint density at radius 1 is 0.442 bits per heavy atom. The number of benzene rings is 2. The largest absolute Gasteiger partial charge is 0.394 e. The minimum Gasteiger partial charge on any atom is -0.394 e. The van der Waals surface area contributed by atoms with E-state index in [0.717, 1.165) is 20.9 Å². The second kappa shape index (κ2) is 41.0. The predicted octanol–water partition coefficient (Wildman–Crippen LogP) is -1.91. The molecule has 3 heterocycles. The van der Waals surface area contributed by atoms with Crippen molar-refractivity contribution in [2.24, 2.45) is 11.7 Å². The normalized spacial score (nSPS) is 19.3. The van der Waals surface area contributed by atoms with Crippen LogP contribution in [0.2, 0.25) is 0 Å². The summed E-state index contributed by atoms with van der Waals surface area (Å²) in [5.41, 5.74) is -7.03. The molecule has 17 amide bonds. The average molecular weight is 1690 g/mol. The van der Waals surface area contributed by atoms with Gasteiger partial charge in [-0.25, -0.2) is 0 Å². The van der Waals surface area contributed by atoms with Gasteiger partial charge in [-0.1, -0.05) is 88.4 Å². The van der Waals surface area contributed by atoms with Crippen molar-refractivity contribution in [1.82, 2.24) is 83.8 Å². The number of rotatable bonds is 40. The fraction of sp³-hybridized carbons (Fsp3) is 0.651. The Balaban J connectivity index is 1.20. The first-order valence-corrected chi connectivity index (χ1v) is 40.7. The molecule has 12 atom stereocenters.